The number of aryl methyl sites for hydroxylation is 1. The van der Waals surface area contributed by atoms with Crippen molar-refractivity contribution >= 4 is 0 Å². The molecule has 0 bridgehead atoms. The van der Waals surface area contributed by atoms with Crippen molar-refractivity contribution < 1.29 is 4.74 Å². The van der Waals surface area contributed by atoms with Crippen molar-refractivity contribution in [1.82, 2.24) is 9.88 Å². The van der Waals surface area contributed by atoms with E-state index in [1.165, 1.54) is 25.9 Å². The van der Waals surface area contributed by atoms with Crippen LogP contribution in [0, 0.1) is 6.92 Å². The van der Waals surface area contributed by atoms with E-state index in [4.69, 9.17) is 10.5 Å². The number of likely N-dealkylation sites (tertiary alicyclic amines) is 1. The Morgan fingerprint density at radius 3 is 2.88 bits per heavy atom. The van der Waals surface area contributed by atoms with E-state index in [9.17, 15) is 0 Å². The summed E-state index contributed by atoms with van der Waals surface area (Å²) in [5.74, 6) is 0.701. The Hall–Kier alpha value is -1.13. The van der Waals surface area contributed by atoms with Crippen LogP contribution in [0.3, 0.4) is 0 Å². The topological polar surface area (TPSA) is 51.4 Å². The molecule has 2 rings (SSSR count). The number of hydrogen-bond acceptors (Lipinski definition) is 4. The van der Waals surface area contributed by atoms with Crippen molar-refractivity contribution in [2.24, 2.45) is 5.73 Å². The van der Waals surface area contributed by atoms with Gasteiger partial charge in [-0.15, -0.1) is 0 Å². The second-order valence-electron chi connectivity index (χ2n) is 4.51. The van der Waals surface area contributed by atoms with E-state index in [0.29, 0.717) is 19.0 Å². The minimum absolute atomic E-state index is 0.485. The first-order valence-electron chi connectivity index (χ1n) is 6.31. The maximum absolute atomic E-state index is 5.74. The van der Waals surface area contributed by atoms with Crippen molar-refractivity contribution in [2.45, 2.75) is 26.3 Å². The number of aromatic nitrogens is 1. The molecule has 1 aliphatic rings. The standard InChI is InChI=1S/C13H21N3O/c1-11-4-5-15-13(12(11)10-14)17-9-8-16-6-2-3-7-16/h4-5H,2-3,6-10,14H2,1H3. The van der Waals surface area contributed by atoms with Gasteiger partial charge < -0.3 is 10.5 Å². The van der Waals surface area contributed by atoms with E-state index in [2.05, 4.69) is 9.88 Å². The van der Waals surface area contributed by atoms with E-state index < -0.39 is 0 Å². The molecule has 1 fully saturated rings. The summed E-state index contributed by atoms with van der Waals surface area (Å²) in [6, 6.07) is 1.97. The molecule has 0 amide bonds. The fraction of sp³-hybridized carbons (Fsp3) is 0.615. The van der Waals surface area contributed by atoms with Gasteiger partial charge in [-0.1, -0.05) is 0 Å². The smallest absolute Gasteiger partial charge is 0.218 e. The average molecular weight is 235 g/mol. The molecule has 0 aromatic carbocycles. The molecule has 1 aliphatic heterocycles. The van der Waals surface area contributed by atoms with Crippen LogP contribution < -0.4 is 10.5 Å². The fourth-order valence-electron chi connectivity index (χ4n) is 2.21. The zero-order valence-electron chi connectivity index (χ0n) is 10.5. The molecule has 0 spiro atoms. The molecule has 2 heterocycles. The predicted octanol–water partition coefficient (Wildman–Crippen LogP) is 1.32. The molecule has 0 radical (unpaired) electrons. The van der Waals surface area contributed by atoms with Gasteiger partial charge in [0.2, 0.25) is 5.88 Å². The Bertz CT molecular complexity index is 362. The molecular formula is C13H21N3O. The summed E-state index contributed by atoms with van der Waals surface area (Å²) in [4.78, 5) is 6.68. The first-order chi connectivity index (χ1) is 8.31. The zero-order chi connectivity index (χ0) is 12.1. The summed E-state index contributed by atoms with van der Waals surface area (Å²) in [6.45, 7) is 6.61. The van der Waals surface area contributed by atoms with E-state index in [-0.39, 0.29) is 0 Å². The van der Waals surface area contributed by atoms with Crippen LogP contribution in [0.5, 0.6) is 5.88 Å². The summed E-state index contributed by atoms with van der Waals surface area (Å²) in [5.41, 5.74) is 7.89. The van der Waals surface area contributed by atoms with Gasteiger partial charge in [0.25, 0.3) is 0 Å². The Morgan fingerprint density at radius 2 is 2.18 bits per heavy atom. The van der Waals surface area contributed by atoms with Gasteiger partial charge in [0.05, 0.1) is 0 Å². The molecular weight excluding hydrogens is 214 g/mol. The first-order valence-corrected chi connectivity index (χ1v) is 6.31. The lowest BCUT2D eigenvalue weighted by Crippen LogP contribution is -2.25. The average Bonchev–Trinajstić information content (AvgIpc) is 2.82. The van der Waals surface area contributed by atoms with Crippen LogP contribution in [0.2, 0.25) is 0 Å². The van der Waals surface area contributed by atoms with Crippen molar-refractivity contribution in [3.05, 3.63) is 23.4 Å². The third-order valence-electron chi connectivity index (χ3n) is 3.30. The molecule has 4 nitrogen and oxygen atoms in total. The summed E-state index contributed by atoms with van der Waals surface area (Å²) < 4.78 is 5.74. The lowest BCUT2D eigenvalue weighted by atomic mass is 10.1. The van der Waals surface area contributed by atoms with Crippen LogP contribution in [0.4, 0.5) is 0 Å². The van der Waals surface area contributed by atoms with E-state index in [1.807, 2.05) is 13.0 Å². The van der Waals surface area contributed by atoms with Gasteiger partial charge in [0.1, 0.15) is 6.61 Å². The van der Waals surface area contributed by atoms with Gasteiger partial charge in [-0.25, -0.2) is 4.98 Å². The maximum Gasteiger partial charge on any atom is 0.218 e. The quantitative estimate of drug-likeness (QED) is 0.836. The number of ether oxygens (including phenoxy) is 1. The fourth-order valence-corrected chi connectivity index (χ4v) is 2.21. The highest BCUT2D eigenvalue weighted by Gasteiger charge is 2.12. The van der Waals surface area contributed by atoms with Crippen LogP contribution in [-0.4, -0.2) is 36.1 Å². The van der Waals surface area contributed by atoms with Crippen LogP contribution in [0.1, 0.15) is 24.0 Å². The zero-order valence-corrected chi connectivity index (χ0v) is 10.5. The molecule has 0 saturated carbocycles. The number of pyridine rings is 1. The molecule has 1 saturated heterocycles. The van der Waals surface area contributed by atoms with Crippen molar-refractivity contribution in [3.8, 4) is 5.88 Å². The number of nitrogens with zero attached hydrogens (tertiary/aromatic N) is 2. The van der Waals surface area contributed by atoms with Crippen molar-refractivity contribution in [3.63, 3.8) is 0 Å². The highest BCUT2D eigenvalue weighted by Crippen LogP contribution is 2.18. The minimum Gasteiger partial charge on any atom is -0.476 e. The normalized spacial score (nSPS) is 16.4. The van der Waals surface area contributed by atoms with Crippen molar-refractivity contribution in [1.29, 1.82) is 0 Å². The summed E-state index contributed by atoms with van der Waals surface area (Å²) in [5, 5.41) is 0. The molecule has 0 unspecified atom stereocenters. The molecule has 0 atom stereocenters. The lowest BCUT2D eigenvalue weighted by molar-refractivity contribution is 0.230. The maximum atomic E-state index is 5.74. The van der Waals surface area contributed by atoms with E-state index in [1.54, 1.807) is 6.20 Å². The summed E-state index contributed by atoms with van der Waals surface area (Å²) in [6.07, 6.45) is 4.41. The van der Waals surface area contributed by atoms with Gasteiger partial charge in [-0.05, 0) is 44.5 Å². The third kappa shape index (κ3) is 3.17. The second kappa shape index (κ2) is 5.98. The first kappa shape index (κ1) is 12.3. The molecule has 4 heteroatoms. The van der Waals surface area contributed by atoms with Crippen molar-refractivity contribution in [2.75, 3.05) is 26.2 Å². The van der Waals surface area contributed by atoms with Gasteiger partial charge in [-0.3, -0.25) is 4.90 Å². The number of rotatable bonds is 5. The molecule has 17 heavy (non-hydrogen) atoms. The minimum atomic E-state index is 0.485. The monoisotopic (exact) mass is 235 g/mol. The molecule has 0 aliphatic carbocycles. The van der Waals surface area contributed by atoms with Gasteiger partial charge >= 0.3 is 0 Å². The van der Waals surface area contributed by atoms with Crippen LogP contribution in [0.25, 0.3) is 0 Å². The van der Waals surface area contributed by atoms with Crippen LogP contribution >= 0.6 is 0 Å². The van der Waals surface area contributed by atoms with Gasteiger partial charge in [0, 0.05) is 24.8 Å². The Labute approximate surface area is 103 Å². The van der Waals surface area contributed by atoms with Gasteiger partial charge in [0.15, 0.2) is 0 Å². The SMILES string of the molecule is Cc1ccnc(OCCN2CCCC2)c1CN. The predicted molar refractivity (Wildman–Crippen MR) is 68.0 cm³/mol. The number of nitrogens with two attached hydrogens (primary N) is 1. The molecule has 1 aromatic rings. The Morgan fingerprint density at radius 1 is 1.41 bits per heavy atom. The van der Waals surface area contributed by atoms with E-state index in [0.717, 1.165) is 17.7 Å². The number of hydrogen-bond donors (Lipinski definition) is 1. The summed E-state index contributed by atoms with van der Waals surface area (Å²) in [7, 11) is 0. The molecule has 94 valence electrons. The van der Waals surface area contributed by atoms with Crippen LogP contribution in [0.15, 0.2) is 12.3 Å². The summed E-state index contributed by atoms with van der Waals surface area (Å²) >= 11 is 0. The second-order valence-corrected chi connectivity index (χ2v) is 4.51. The lowest BCUT2D eigenvalue weighted by Gasteiger charge is -2.16. The molecule has 1 aromatic heterocycles. The largest absolute Gasteiger partial charge is 0.476 e. The van der Waals surface area contributed by atoms with Crippen LogP contribution in [-0.2, 0) is 6.54 Å². The Balaban J connectivity index is 1.87. The molecule has 2 N–H and O–H groups in total. The van der Waals surface area contributed by atoms with Gasteiger partial charge in [-0.2, -0.15) is 0 Å². The third-order valence-corrected chi connectivity index (χ3v) is 3.30. The Kier molecular flexibility index (Phi) is 4.34. The van der Waals surface area contributed by atoms with E-state index >= 15 is 0 Å². The highest BCUT2D eigenvalue weighted by molar-refractivity contribution is 5.33. The highest BCUT2D eigenvalue weighted by atomic mass is 16.5.